The molecule has 432 valence electrons. The van der Waals surface area contributed by atoms with Crippen molar-refractivity contribution in [3.63, 3.8) is 0 Å². The molecule has 0 bridgehead atoms. The van der Waals surface area contributed by atoms with Crippen LogP contribution in [0.5, 0.6) is 0 Å². The number of hydrogen-bond donors (Lipinski definition) is 0. The lowest BCUT2D eigenvalue weighted by Gasteiger charge is -2.46. The van der Waals surface area contributed by atoms with Gasteiger partial charge in [0.05, 0.1) is 22.4 Å². The van der Waals surface area contributed by atoms with Crippen LogP contribution in [-0.4, -0.2) is 11.3 Å². The van der Waals surface area contributed by atoms with E-state index in [0.29, 0.717) is 0 Å². The zero-order valence-corrected chi connectivity index (χ0v) is 52.2. The van der Waals surface area contributed by atoms with Crippen molar-refractivity contribution >= 4 is 79.0 Å². The zero-order chi connectivity index (χ0) is 60.5. The van der Waals surface area contributed by atoms with Gasteiger partial charge in [0.2, 0.25) is 0 Å². The van der Waals surface area contributed by atoms with Gasteiger partial charge in [-0.25, -0.2) is 0 Å². The Balaban J connectivity index is 1.14. The first-order valence-corrected chi connectivity index (χ1v) is 32.1. The third kappa shape index (κ3) is 9.78. The number of aryl methyl sites for hydroxylation is 1. The molecule has 89 heavy (non-hydrogen) atoms. The molecule has 4 heteroatoms. The summed E-state index contributed by atoms with van der Waals surface area (Å²) in [6.45, 7) is 16.3. The number of hydrogen-bond acceptors (Lipinski definition) is 2. The number of para-hydroxylation sites is 2. The van der Waals surface area contributed by atoms with Crippen molar-refractivity contribution in [2.45, 2.75) is 85.0 Å². The van der Waals surface area contributed by atoms with Gasteiger partial charge in [-0.3, -0.25) is 0 Å². The molecule has 0 unspecified atom stereocenters. The average molecular weight is 1150 g/mol. The Labute approximate surface area is 526 Å². The van der Waals surface area contributed by atoms with Gasteiger partial charge in [-0.05, 0) is 157 Å². The van der Waals surface area contributed by atoms with Gasteiger partial charge in [-0.15, -0.1) is 0 Å². The number of rotatable bonds is 12. The fraction of sp³-hybridized carbons (Fsp3) is 0.153. The minimum absolute atomic E-state index is 0.142. The van der Waals surface area contributed by atoms with Crippen molar-refractivity contribution in [3.05, 3.63) is 290 Å². The molecular formula is C85H74BN3. The maximum absolute atomic E-state index is 2.74. The topological polar surface area (TPSA) is 11.4 Å². The first-order chi connectivity index (χ1) is 43.4. The van der Waals surface area contributed by atoms with Crippen LogP contribution in [-0.2, 0) is 17.3 Å². The number of aromatic nitrogens is 1. The van der Waals surface area contributed by atoms with Gasteiger partial charge in [-0.2, -0.15) is 0 Å². The molecule has 3 nitrogen and oxygen atoms in total. The molecule has 0 amide bonds. The van der Waals surface area contributed by atoms with Crippen LogP contribution in [0.2, 0.25) is 0 Å². The standard InChI is InChI=1S/C85H74BN3/c1-8-9-15-30-57-49-79-81-80(50-57)89(83-71(61-37-22-13-23-38-61)54-65(85(5,6)7)55-72(83)62-39-24-14-25-40-62)78-56-66(87-75-43-28-26-41-67(75)68-42-27-29-44-76(68)87)46-47-73(78)86(81)74-51-63(58-31-16-10-17-32-58)45-48-77(74)88(79)82-69(59-33-18-11-19-34-59)52-64(84(2,3)4)53-70(82)60-35-20-12-21-36-60/h10-14,16-29,31-56H,8-9,15,30H2,1-7H3. The first-order valence-electron chi connectivity index (χ1n) is 32.1. The van der Waals surface area contributed by atoms with Gasteiger partial charge in [0.15, 0.2) is 0 Å². The van der Waals surface area contributed by atoms with Crippen LogP contribution in [0.3, 0.4) is 0 Å². The molecule has 2 aliphatic rings. The quantitative estimate of drug-likeness (QED) is 0.0892. The summed E-state index contributed by atoms with van der Waals surface area (Å²) in [7, 11) is 0. The van der Waals surface area contributed by atoms with E-state index in [1.165, 1.54) is 145 Å². The second-order valence-corrected chi connectivity index (χ2v) is 26.7. The minimum Gasteiger partial charge on any atom is -0.310 e. The molecular weight excluding hydrogens is 1070 g/mol. The Kier molecular flexibility index (Phi) is 14.0. The van der Waals surface area contributed by atoms with Crippen LogP contribution in [0.15, 0.2) is 273 Å². The molecule has 1 aromatic heterocycles. The van der Waals surface area contributed by atoms with Crippen LogP contribution >= 0.6 is 0 Å². The Morgan fingerprint density at radius 1 is 0.337 bits per heavy atom. The number of nitrogens with zero attached hydrogens (tertiary/aromatic N) is 3. The maximum Gasteiger partial charge on any atom is 0.252 e. The molecule has 0 radical (unpaired) electrons. The number of fused-ring (bicyclic) bond motifs is 7. The van der Waals surface area contributed by atoms with Crippen LogP contribution in [0.25, 0.3) is 83.1 Å². The molecule has 0 spiro atoms. The van der Waals surface area contributed by atoms with Crippen molar-refractivity contribution in [1.82, 2.24) is 4.57 Å². The largest absolute Gasteiger partial charge is 0.310 e. The van der Waals surface area contributed by atoms with Gasteiger partial charge in [0.25, 0.3) is 6.71 Å². The Morgan fingerprint density at radius 3 is 1.19 bits per heavy atom. The highest BCUT2D eigenvalue weighted by Crippen LogP contribution is 2.55. The molecule has 0 atom stereocenters. The SMILES string of the molecule is CCCCCc1cc2c3c(c1)N(c1c(-c4ccccc4)cc(C(C)(C)C)cc1-c1ccccc1)c1cc(-n4c5ccccc5c5ccccc54)ccc1B3c1cc(-c3ccccc3)ccc1N2c1c(-c2ccccc2)cc(C(C)(C)C)cc1-c1ccccc1. The summed E-state index contributed by atoms with van der Waals surface area (Å²) in [6, 6.07) is 104. The molecule has 12 aromatic carbocycles. The number of anilines is 6. The van der Waals surface area contributed by atoms with E-state index in [2.05, 4.69) is 336 Å². The smallest absolute Gasteiger partial charge is 0.252 e. The van der Waals surface area contributed by atoms with Crippen molar-refractivity contribution in [3.8, 4) is 61.3 Å². The Bertz CT molecular complexity index is 4630. The number of benzene rings is 12. The van der Waals surface area contributed by atoms with E-state index < -0.39 is 0 Å². The average Bonchev–Trinajstić information content (AvgIpc) is 1.81. The molecule has 0 fully saturated rings. The normalized spacial score (nSPS) is 12.8. The second-order valence-electron chi connectivity index (χ2n) is 26.7. The molecule has 13 aromatic rings. The van der Waals surface area contributed by atoms with Gasteiger partial charge in [0, 0.05) is 61.5 Å². The van der Waals surface area contributed by atoms with Crippen LogP contribution in [0, 0.1) is 0 Å². The van der Waals surface area contributed by atoms with Crippen molar-refractivity contribution in [2.75, 3.05) is 9.80 Å². The van der Waals surface area contributed by atoms with E-state index in [1.54, 1.807) is 0 Å². The highest BCUT2D eigenvalue weighted by Gasteiger charge is 2.46. The zero-order valence-electron chi connectivity index (χ0n) is 52.2. The molecule has 0 saturated carbocycles. The highest BCUT2D eigenvalue weighted by molar-refractivity contribution is 7.00. The lowest BCUT2D eigenvalue weighted by molar-refractivity contribution is 0.590. The third-order valence-corrected chi connectivity index (χ3v) is 18.9. The lowest BCUT2D eigenvalue weighted by Crippen LogP contribution is -2.61. The van der Waals surface area contributed by atoms with Crippen molar-refractivity contribution in [2.24, 2.45) is 0 Å². The summed E-state index contributed by atoms with van der Waals surface area (Å²) in [4.78, 5) is 5.46. The van der Waals surface area contributed by atoms with E-state index in [1.807, 2.05) is 0 Å². The number of unbranched alkanes of at least 4 members (excludes halogenated alkanes) is 2. The predicted octanol–water partition coefficient (Wildman–Crippen LogP) is 21.5. The Hall–Kier alpha value is -9.90. The van der Waals surface area contributed by atoms with E-state index in [9.17, 15) is 0 Å². The van der Waals surface area contributed by atoms with Gasteiger partial charge in [0.1, 0.15) is 0 Å². The Morgan fingerprint density at radius 2 is 0.753 bits per heavy atom. The summed E-state index contributed by atoms with van der Waals surface area (Å²) >= 11 is 0. The van der Waals surface area contributed by atoms with E-state index in [4.69, 9.17) is 0 Å². The van der Waals surface area contributed by atoms with Crippen molar-refractivity contribution in [1.29, 1.82) is 0 Å². The van der Waals surface area contributed by atoms with Crippen molar-refractivity contribution < 1.29 is 0 Å². The third-order valence-electron chi connectivity index (χ3n) is 18.9. The minimum atomic E-state index is -0.165. The summed E-state index contributed by atoms with van der Waals surface area (Å²) in [5.41, 5.74) is 30.0. The summed E-state index contributed by atoms with van der Waals surface area (Å²) in [5, 5.41) is 2.49. The predicted molar refractivity (Wildman–Crippen MR) is 383 cm³/mol. The van der Waals surface area contributed by atoms with E-state index >= 15 is 0 Å². The molecule has 0 aliphatic carbocycles. The fourth-order valence-corrected chi connectivity index (χ4v) is 14.4. The molecule has 3 heterocycles. The summed E-state index contributed by atoms with van der Waals surface area (Å²) in [6.07, 6.45) is 4.30. The van der Waals surface area contributed by atoms with E-state index in [0.717, 1.165) is 31.4 Å². The molecule has 2 aliphatic heterocycles. The van der Waals surface area contributed by atoms with Gasteiger partial charge < -0.3 is 14.4 Å². The van der Waals surface area contributed by atoms with Gasteiger partial charge in [-0.1, -0.05) is 268 Å². The fourth-order valence-electron chi connectivity index (χ4n) is 14.4. The van der Waals surface area contributed by atoms with Crippen LogP contribution < -0.4 is 26.2 Å². The lowest BCUT2D eigenvalue weighted by atomic mass is 9.33. The van der Waals surface area contributed by atoms with Gasteiger partial charge >= 0.3 is 0 Å². The monoisotopic (exact) mass is 1150 g/mol. The summed E-state index contributed by atoms with van der Waals surface area (Å²) in [5.74, 6) is 0. The second kappa shape index (κ2) is 22.4. The van der Waals surface area contributed by atoms with E-state index in [-0.39, 0.29) is 17.5 Å². The maximum atomic E-state index is 2.74. The first kappa shape index (κ1) is 55.7. The molecule has 15 rings (SSSR count). The van der Waals surface area contributed by atoms with Crippen LogP contribution in [0.1, 0.15) is 84.4 Å². The molecule has 0 saturated heterocycles. The molecule has 0 N–H and O–H groups in total. The summed E-state index contributed by atoms with van der Waals surface area (Å²) < 4.78 is 2.51. The highest BCUT2D eigenvalue weighted by atomic mass is 15.2. The van der Waals surface area contributed by atoms with Crippen LogP contribution in [0.4, 0.5) is 34.1 Å².